The van der Waals surface area contributed by atoms with Gasteiger partial charge in [0.05, 0.1) is 17.7 Å². The maximum absolute atomic E-state index is 11.7. The molecule has 0 aliphatic rings. The molecule has 1 amide bonds. The summed E-state index contributed by atoms with van der Waals surface area (Å²) in [4.78, 5) is 22.7. The Morgan fingerprint density at radius 3 is 2.15 bits per heavy atom. The SMILES string of the molecule is CCCS(=O)(=O)NC(C)C(=O)NCC(C(=O)O)C(C)C. The molecule has 0 aliphatic carbocycles. The van der Waals surface area contributed by atoms with E-state index in [1.54, 1.807) is 20.8 Å². The van der Waals surface area contributed by atoms with Gasteiger partial charge >= 0.3 is 5.97 Å². The van der Waals surface area contributed by atoms with Gasteiger partial charge in [0.15, 0.2) is 0 Å². The van der Waals surface area contributed by atoms with E-state index in [1.807, 2.05) is 0 Å². The Balaban J connectivity index is 4.44. The predicted octanol–water partition coefficient (Wildman–Crippen LogP) is 0.177. The number of nitrogens with one attached hydrogen (secondary N) is 2. The molecule has 0 bridgehead atoms. The number of carboxylic acid groups (broad SMARTS) is 1. The Hall–Kier alpha value is -1.15. The lowest BCUT2D eigenvalue weighted by molar-refractivity contribution is -0.143. The number of hydrogen-bond acceptors (Lipinski definition) is 4. The molecule has 0 aromatic carbocycles. The number of carbonyl (C=O) groups is 2. The fraction of sp³-hybridized carbons (Fsp3) is 0.833. The molecule has 20 heavy (non-hydrogen) atoms. The van der Waals surface area contributed by atoms with E-state index in [0.29, 0.717) is 6.42 Å². The normalized spacial score (nSPS) is 14.8. The van der Waals surface area contributed by atoms with Gasteiger partial charge in [-0.1, -0.05) is 20.8 Å². The van der Waals surface area contributed by atoms with Gasteiger partial charge in [-0.3, -0.25) is 9.59 Å². The van der Waals surface area contributed by atoms with E-state index in [2.05, 4.69) is 10.0 Å². The van der Waals surface area contributed by atoms with Gasteiger partial charge in [-0.05, 0) is 19.3 Å². The van der Waals surface area contributed by atoms with Gasteiger partial charge < -0.3 is 10.4 Å². The van der Waals surface area contributed by atoms with Gasteiger partial charge in [-0.25, -0.2) is 13.1 Å². The lowest BCUT2D eigenvalue weighted by Crippen LogP contribution is -2.47. The average Bonchev–Trinajstić information content (AvgIpc) is 2.26. The molecule has 0 aromatic rings. The van der Waals surface area contributed by atoms with Crippen molar-refractivity contribution in [3.8, 4) is 0 Å². The second kappa shape index (κ2) is 8.21. The Bertz CT molecular complexity index is 433. The zero-order valence-corrected chi connectivity index (χ0v) is 13.2. The average molecular weight is 308 g/mol. The maximum atomic E-state index is 11.7. The molecule has 2 atom stereocenters. The summed E-state index contributed by atoms with van der Waals surface area (Å²) < 4.78 is 25.3. The van der Waals surface area contributed by atoms with Crippen LogP contribution in [0.4, 0.5) is 0 Å². The Labute approximate surface area is 120 Å². The monoisotopic (exact) mass is 308 g/mol. The fourth-order valence-electron chi connectivity index (χ4n) is 1.62. The maximum Gasteiger partial charge on any atom is 0.308 e. The fourth-order valence-corrected chi connectivity index (χ4v) is 2.92. The first kappa shape index (κ1) is 18.9. The molecule has 0 radical (unpaired) electrons. The smallest absolute Gasteiger partial charge is 0.308 e. The molecular weight excluding hydrogens is 284 g/mol. The van der Waals surface area contributed by atoms with E-state index in [0.717, 1.165) is 0 Å². The van der Waals surface area contributed by atoms with Crippen molar-refractivity contribution in [2.45, 2.75) is 40.2 Å². The zero-order chi connectivity index (χ0) is 15.9. The van der Waals surface area contributed by atoms with Crippen molar-refractivity contribution < 1.29 is 23.1 Å². The van der Waals surface area contributed by atoms with E-state index in [4.69, 9.17) is 5.11 Å². The standard InChI is InChI=1S/C12H24N2O5S/c1-5-6-20(18,19)14-9(4)11(15)13-7-10(8(2)3)12(16)17/h8-10,14H,5-7H2,1-4H3,(H,13,15)(H,16,17). The molecule has 8 heteroatoms. The van der Waals surface area contributed by atoms with Crippen molar-refractivity contribution in [1.82, 2.24) is 10.0 Å². The third-order valence-corrected chi connectivity index (χ3v) is 4.50. The van der Waals surface area contributed by atoms with E-state index in [1.165, 1.54) is 6.92 Å². The second-order valence-corrected chi connectivity index (χ2v) is 6.97. The van der Waals surface area contributed by atoms with Gasteiger partial charge in [0.25, 0.3) is 0 Å². The van der Waals surface area contributed by atoms with Crippen molar-refractivity contribution in [2.24, 2.45) is 11.8 Å². The van der Waals surface area contributed by atoms with Gasteiger partial charge in [0.1, 0.15) is 0 Å². The number of rotatable bonds is 9. The summed E-state index contributed by atoms with van der Waals surface area (Å²) in [6.45, 7) is 6.63. The summed E-state index contributed by atoms with van der Waals surface area (Å²) >= 11 is 0. The van der Waals surface area contributed by atoms with Crippen LogP contribution in [0.3, 0.4) is 0 Å². The molecule has 3 N–H and O–H groups in total. The molecule has 2 unspecified atom stereocenters. The van der Waals surface area contributed by atoms with Crippen molar-refractivity contribution in [3.63, 3.8) is 0 Å². The number of hydrogen-bond donors (Lipinski definition) is 3. The summed E-state index contributed by atoms with van der Waals surface area (Å²) in [6, 6.07) is -0.923. The zero-order valence-electron chi connectivity index (χ0n) is 12.3. The molecule has 0 heterocycles. The third kappa shape index (κ3) is 6.85. The first-order valence-electron chi connectivity index (χ1n) is 6.61. The summed E-state index contributed by atoms with van der Waals surface area (Å²) in [5.74, 6) is -2.39. The Kier molecular flexibility index (Phi) is 7.74. The highest BCUT2D eigenvalue weighted by molar-refractivity contribution is 7.89. The Morgan fingerprint density at radius 1 is 1.20 bits per heavy atom. The number of amides is 1. The minimum Gasteiger partial charge on any atom is -0.481 e. The molecule has 0 fully saturated rings. The van der Waals surface area contributed by atoms with E-state index in [9.17, 15) is 18.0 Å². The molecule has 0 saturated carbocycles. The molecule has 0 saturated heterocycles. The first-order valence-corrected chi connectivity index (χ1v) is 8.26. The summed E-state index contributed by atoms with van der Waals surface area (Å²) in [5, 5.41) is 11.5. The summed E-state index contributed by atoms with van der Waals surface area (Å²) in [5.41, 5.74) is 0. The van der Waals surface area contributed by atoms with Crippen molar-refractivity contribution in [1.29, 1.82) is 0 Å². The van der Waals surface area contributed by atoms with Crippen LogP contribution in [0.5, 0.6) is 0 Å². The molecule has 0 aromatic heterocycles. The van der Waals surface area contributed by atoms with Crippen LogP contribution in [0, 0.1) is 11.8 Å². The highest BCUT2D eigenvalue weighted by atomic mass is 32.2. The van der Waals surface area contributed by atoms with Crippen LogP contribution in [0.15, 0.2) is 0 Å². The molecule has 0 rings (SSSR count). The van der Waals surface area contributed by atoms with Crippen LogP contribution in [0.2, 0.25) is 0 Å². The third-order valence-electron chi connectivity index (χ3n) is 2.84. The van der Waals surface area contributed by atoms with Crippen LogP contribution in [0.1, 0.15) is 34.1 Å². The minimum atomic E-state index is -3.47. The van der Waals surface area contributed by atoms with Gasteiger partial charge in [0.2, 0.25) is 15.9 Å². The Morgan fingerprint density at radius 2 is 1.75 bits per heavy atom. The highest BCUT2D eigenvalue weighted by Gasteiger charge is 2.24. The lowest BCUT2D eigenvalue weighted by Gasteiger charge is -2.19. The van der Waals surface area contributed by atoms with Crippen molar-refractivity contribution in [2.75, 3.05) is 12.3 Å². The summed E-state index contributed by atoms with van der Waals surface area (Å²) in [6.07, 6.45) is 0.456. The van der Waals surface area contributed by atoms with Gasteiger partial charge in [0, 0.05) is 6.54 Å². The number of carbonyl (C=O) groups excluding carboxylic acids is 1. The van der Waals surface area contributed by atoms with E-state index < -0.39 is 33.9 Å². The second-order valence-electron chi connectivity index (χ2n) is 5.09. The first-order chi connectivity index (χ1) is 9.10. The predicted molar refractivity (Wildman–Crippen MR) is 75.6 cm³/mol. The molecule has 0 spiro atoms. The number of sulfonamides is 1. The molecule has 0 aliphatic heterocycles. The van der Waals surface area contributed by atoms with Crippen molar-refractivity contribution >= 4 is 21.9 Å². The van der Waals surface area contributed by atoms with Gasteiger partial charge in [-0.2, -0.15) is 0 Å². The lowest BCUT2D eigenvalue weighted by atomic mass is 9.96. The van der Waals surface area contributed by atoms with Crippen LogP contribution in [0.25, 0.3) is 0 Å². The molecule has 118 valence electrons. The minimum absolute atomic E-state index is 0.0221. The number of carboxylic acids is 1. The highest BCUT2D eigenvalue weighted by Crippen LogP contribution is 2.09. The van der Waals surface area contributed by atoms with Crippen LogP contribution in [-0.2, 0) is 19.6 Å². The molecular formula is C12H24N2O5S. The van der Waals surface area contributed by atoms with Crippen LogP contribution >= 0.6 is 0 Å². The van der Waals surface area contributed by atoms with Gasteiger partial charge in [-0.15, -0.1) is 0 Å². The van der Waals surface area contributed by atoms with Crippen molar-refractivity contribution in [3.05, 3.63) is 0 Å². The quantitative estimate of drug-likeness (QED) is 0.562. The number of aliphatic carboxylic acids is 1. The molecule has 7 nitrogen and oxygen atoms in total. The van der Waals surface area contributed by atoms with E-state index in [-0.39, 0.29) is 18.2 Å². The topological polar surface area (TPSA) is 113 Å². The largest absolute Gasteiger partial charge is 0.481 e. The van der Waals surface area contributed by atoms with E-state index >= 15 is 0 Å². The van der Waals surface area contributed by atoms with Crippen LogP contribution in [-0.4, -0.2) is 43.7 Å². The van der Waals surface area contributed by atoms with Crippen LogP contribution < -0.4 is 10.0 Å². The summed E-state index contributed by atoms with van der Waals surface area (Å²) in [7, 11) is -3.47.